The smallest absolute Gasteiger partial charge is 0.391 e. The molecule has 1 saturated carbocycles. The molecule has 0 bridgehead atoms. The number of hydrogen-bond acceptors (Lipinski definition) is 4. The van der Waals surface area contributed by atoms with Crippen molar-refractivity contribution < 1.29 is 22.7 Å². The van der Waals surface area contributed by atoms with E-state index in [1.54, 1.807) is 13.0 Å². The standard InChI is InChI=1S/C18H16F4N4O/c1-10-6-15(26-16(24-10)11(9-27)8-23-26)25-17(4-5-17)12-2-3-13(14(19)7-12)18(20,21)22/h2-3,6-8,25,27H,4-5,9H2,1H3. The van der Waals surface area contributed by atoms with Crippen molar-refractivity contribution in [2.75, 3.05) is 5.32 Å². The van der Waals surface area contributed by atoms with Crippen molar-refractivity contribution in [1.29, 1.82) is 0 Å². The molecule has 142 valence electrons. The van der Waals surface area contributed by atoms with Crippen LogP contribution in [0.1, 0.15) is 35.2 Å². The van der Waals surface area contributed by atoms with Crippen LogP contribution in [0.25, 0.3) is 5.65 Å². The van der Waals surface area contributed by atoms with Gasteiger partial charge in [-0.3, -0.25) is 0 Å². The number of nitrogens with one attached hydrogen (secondary N) is 1. The van der Waals surface area contributed by atoms with Crippen molar-refractivity contribution in [2.45, 2.75) is 38.1 Å². The molecule has 9 heteroatoms. The molecule has 1 aromatic carbocycles. The normalized spacial score (nSPS) is 15.9. The summed E-state index contributed by atoms with van der Waals surface area (Å²) < 4.78 is 53.9. The van der Waals surface area contributed by atoms with E-state index in [1.165, 1.54) is 16.8 Å². The number of anilines is 1. The Morgan fingerprint density at radius 1 is 1.26 bits per heavy atom. The minimum Gasteiger partial charge on any atom is -0.391 e. The molecule has 27 heavy (non-hydrogen) atoms. The quantitative estimate of drug-likeness (QED) is 0.676. The van der Waals surface area contributed by atoms with Crippen LogP contribution in [0.3, 0.4) is 0 Å². The van der Waals surface area contributed by atoms with Gasteiger partial charge >= 0.3 is 6.18 Å². The summed E-state index contributed by atoms with van der Waals surface area (Å²) in [4.78, 5) is 4.36. The van der Waals surface area contributed by atoms with Gasteiger partial charge < -0.3 is 10.4 Å². The first-order valence-corrected chi connectivity index (χ1v) is 8.34. The Balaban J connectivity index is 1.72. The highest BCUT2D eigenvalue weighted by molar-refractivity contribution is 5.56. The van der Waals surface area contributed by atoms with Crippen molar-refractivity contribution >= 4 is 11.5 Å². The minimum atomic E-state index is -4.73. The summed E-state index contributed by atoms with van der Waals surface area (Å²) in [6, 6.07) is 4.77. The van der Waals surface area contributed by atoms with E-state index >= 15 is 0 Å². The minimum absolute atomic E-state index is 0.214. The molecular weight excluding hydrogens is 364 g/mol. The summed E-state index contributed by atoms with van der Waals surface area (Å²) in [5, 5.41) is 16.9. The number of aromatic nitrogens is 3. The highest BCUT2D eigenvalue weighted by Crippen LogP contribution is 2.49. The zero-order chi connectivity index (χ0) is 19.4. The summed E-state index contributed by atoms with van der Waals surface area (Å²) in [5.41, 5.74) is 0.266. The predicted molar refractivity (Wildman–Crippen MR) is 89.6 cm³/mol. The topological polar surface area (TPSA) is 62.5 Å². The lowest BCUT2D eigenvalue weighted by atomic mass is 10.0. The number of rotatable bonds is 4. The van der Waals surface area contributed by atoms with E-state index in [1.807, 2.05) is 0 Å². The average Bonchev–Trinajstić information content (AvgIpc) is 3.25. The number of benzene rings is 1. The molecule has 0 saturated heterocycles. The van der Waals surface area contributed by atoms with Gasteiger partial charge in [0.2, 0.25) is 0 Å². The van der Waals surface area contributed by atoms with E-state index in [9.17, 15) is 22.7 Å². The molecule has 4 rings (SSSR count). The molecule has 2 N–H and O–H groups in total. The highest BCUT2D eigenvalue weighted by Gasteiger charge is 2.46. The van der Waals surface area contributed by atoms with Crippen LogP contribution in [0.15, 0.2) is 30.5 Å². The van der Waals surface area contributed by atoms with Gasteiger partial charge in [-0.1, -0.05) is 6.07 Å². The van der Waals surface area contributed by atoms with Gasteiger partial charge in [-0.05, 0) is 37.5 Å². The first-order valence-electron chi connectivity index (χ1n) is 8.34. The van der Waals surface area contributed by atoms with Gasteiger partial charge in [0.25, 0.3) is 0 Å². The van der Waals surface area contributed by atoms with Crippen LogP contribution < -0.4 is 5.32 Å². The molecule has 1 aliphatic carbocycles. The number of aliphatic hydroxyl groups excluding tert-OH is 1. The molecule has 0 amide bonds. The molecule has 2 heterocycles. The van der Waals surface area contributed by atoms with Crippen LogP contribution >= 0.6 is 0 Å². The van der Waals surface area contributed by atoms with Crippen molar-refractivity contribution in [2.24, 2.45) is 0 Å². The zero-order valence-corrected chi connectivity index (χ0v) is 14.3. The van der Waals surface area contributed by atoms with Crippen LogP contribution in [0.4, 0.5) is 23.4 Å². The molecule has 0 spiro atoms. The summed E-state index contributed by atoms with van der Waals surface area (Å²) in [7, 11) is 0. The molecule has 0 atom stereocenters. The number of aliphatic hydroxyl groups is 1. The second-order valence-electron chi connectivity index (χ2n) is 6.75. The summed E-state index contributed by atoms with van der Waals surface area (Å²) >= 11 is 0. The molecule has 3 aromatic rings. The van der Waals surface area contributed by atoms with Crippen LogP contribution in [-0.2, 0) is 18.3 Å². The fraction of sp³-hybridized carbons (Fsp3) is 0.333. The van der Waals surface area contributed by atoms with Crippen LogP contribution in [-0.4, -0.2) is 19.7 Å². The Labute approximate surface area is 151 Å². The largest absolute Gasteiger partial charge is 0.419 e. The molecule has 1 fully saturated rings. The average molecular weight is 380 g/mol. The second kappa shape index (κ2) is 5.91. The van der Waals surface area contributed by atoms with Crippen LogP contribution in [0.5, 0.6) is 0 Å². The molecule has 1 aliphatic rings. The Morgan fingerprint density at radius 2 is 2.00 bits per heavy atom. The number of fused-ring (bicyclic) bond motifs is 1. The second-order valence-corrected chi connectivity index (χ2v) is 6.75. The monoisotopic (exact) mass is 380 g/mol. The molecular formula is C18H16F4N4O. The third-order valence-corrected chi connectivity index (χ3v) is 4.79. The van der Waals surface area contributed by atoms with Gasteiger partial charge in [0, 0.05) is 17.3 Å². The summed E-state index contributed by atoms with van der Waals surface area (Å²) in [6.07, 6.45) is -1.93. The highest BCUT2D eigenvalue weighted by atomic mass is 19.4. The lowest BCUT2D eigenvalue weighted by Gasteiger charge is -2.21. The van der Waals surface area contributed by atoms with E-state index in [-0.39, 0.29) is 6.61 Å². The Morgan fingerprint density at radius 3 is 2.59 bits per heavy atom. The van der Waals surface area contributed by atoms with Gasteiger partial charge in [0.05, 0.1) is 23.9 Å². The molecule has 5 nitrogen and oxygen atoms in total. The Hall–Kier alpha value is -2.68. The SMILES string of the molecule is Cc1cc(NC2(c3ccc(C(F)(F)F)c(F)c3)CC2)n2ncc(CO)c2n1. The molecule has 0 unspecified atom stereocenters. The van der Waals surface area contributed by atoms with Crippen molar-refractivity contribution in [1.82, 2.24) is 14.6 Å². The van der Waals surface area contributed by atoms with Gasteiger partial charge in [0.15, 0.2) is 5.65 Å². The third-order valence-electron chi connectivity index (χ3n) is 4.79. The summed E-state index contributed by atoms with van der Waals surface area (Å²) in [6.45, 7) is 1.57. The van der Waals surface area contributed by atoms with Gasteiger partial charge in [0.1, 0.15) is 11.6 Å². The Bertz CT molecular complexity index is 1020. The maximum absolute atomic E-state index is 14.0. The number of nitrogens with zero attached hydrogens (tertiary/aromatic N) is 3. The first-order chi connectivity index (χ1) is 12.7. The van der Waals surface area contributed by atoms with Crippen LogP contribution in [0.2, 0.25) is 0 Å². The van der Waals surface area contributed by atoms with Gasteiger partial charge in [-0.15, -0.1) is 0 Å². The number of aryl methyl sites for hydroxylation is 1. The number of alkyl halides is 3. The first kappa shape index (κ1) is 17.7. The Kier molecular flexibility index (Phi) is 3.88. The lowest BCUT2D eigenvalue weighted by Crippen LogP contribution is -2.22. The van der Waals surface area contributed by atoms with Crippen molar-refractivity contribution in [3.63, 3.8) is 0 Å². The number of halogens is 4. The van der Waals surface area contributed by atoms with Gasteiger partial charge in [-0.25, -0.2) is 9.37 Å². The van der Waals surface area contributed by atoms with E-state index in [0.717, 1.165) is 12.1 Å². The molecule has 0 radical (unpaired) electrons. The van der Waals surface area contributed by atoms with E-state index in [4.69, 9.17) is 0 Å². The fourth-order valence-electron chi connectivity index (χ4n) is 3.23. The maximum atomic E-state index is 14.0. The van der Waals surface area contributed by atoms with E-state index < -0.39 is 23.1 Å². The summed E-state index contributed by atoms with van der Waals surface area (Å²) in [5.74, 6) is -0.708. The van der Waals surface area contributed by atoms with Crippen LogP contribution in [0, 0.1) is 12.7 Å². The van der Waals surface area contributed by atoms with E-state index in [2.05, 4.69) is 15.4 Å². The van der Waals surface area contributed by atoms with Gasteiger partial charge in [-0.2, -0.15) is 22.8 Å². The van der Waals surface area contributed by atoms with Crippen molar-refractivity contribution in [3.05, 3.63) is 58.7 Å². The predicted octanol–water partition coefficient (Wildman–Crippen LogP) is 3.79. The molecule has 2 aromatic heterocycles. The third kappa shape index (κ3) is 3.01. The van der Waals surface area contributed by atoms with E-state index in [0.29, 0.717) is 41.1 Å². The van der Waals surface area contributed by atoms with Crippen molar-refractivity contribution in [3.8, 4) is 0 Å². The molecule has 0 aliphatic heterocycles. The zero-order valence-electron chi connectivity index (χ0n) is 14.3. The lowest BCUT2D eigenvalue weighted by molar-refractivity contribution is -0.140. The maximum Gasteiger partial charge on any atom is 0.419 e. The fourth-order valence-corrected chi connectivity index (χ4v) is 3.23. The number of hydrogen-bond donors (Lipinski definition) is 2.